The highest BCUT2D eigenvalue weighted by atomic mass is 19.1. The Kier molecular flexibility index (Phi) is 2.27. The van der Waals surface area contributed by atoms with E-state index in [1.54, 1.807) is 6.07 Å². The van der Waals surface area contributed by atoms with E-state index in [2.05, 4.69) is 18.8 Å². The van der Waals surface area contributed by atoms with Crippen LogP contribution in [-0.4, -0.2) is 11.5 Å². The van der Waals surface area contributed by atoms with Gasteiger partial charge in [-0.25, -0.2) is 4.39 Å². The molecule has 0 aliphatic heterocycles. The molecule has 0 aliphatic carbocycles. The molecule has 2 nitrogen and oxygen atoms in total. The molecule has 0 saturated carbocycles. The fraction of sp³-hybridized carbons (Fsp3) is 0.333. The van der Waals surface area contributed by atoms with Crippen molar-refractivity contribution in [3.05, 3.63) is 35.8 Å². The van der Waals surface area contributed by atoms with Crippen LogP contribution >= 0.6 is 0 Å². The maximum Gasteiger partial charge on any atom is 0.125 e. The Hall–Kier alpha value is -1.35. The number of benzene rings is 1. The van der Waals surface area contributed by atoms with E-state index in [4.69, 9.17) is 5.73 Å². The minimum absolute atomic E-state index is 0.0872. The van der Waals surface area contributed by atoms with E-state index >= 15 is 0 Å². The van der Waals surface area contributed by atoms with Gasteiger partial charge in [0, 0.05) is 29.1 Å². The average molecular weight is 206 g/mol. The van der Waals surface area contributed by atoms with Crippen molar-refractivity contribution in [1.82, 2.24) is 4.98 Å². The van der Waals surface area contributed by atoms with E-state index in [-0.39, 0.29) is 11.2 Å². The molecule has 80 valence electrons. The zero-order chi connectivity index (χ0) is 11.1. The lowest BCUT2D eigenvalue weighted by Crippen LogP contribution is -2.27. The lowest BCUT2D eigenvalue weighted by molar-refractivity contribution is 0.543. The number of nitrogens with one attached hydrogen (secondary N) is 1. The third-order valence-corrected chi connectivity index (χ3v) is 2.88. The molecule has 0 amide bonds. The molecule has 2 aromatic rings. The molecule has 3 heteroatoms. The van der Waals surface area contributed by atoms with Crippen molar-refractivity contribution in [1.29, 1.82) is 0 Å². The number of halogens is 1. The summed E-state index contributed by atoms with van der Waals surface area (Å²) in [6.07, 6.45) is 1.91. The molecule has 0 spiro atoms. The Balaban J connectivity index is 2.64. The summed E-state index contributed by atoms with van der Waals surface area (Å²) < 4.78 is 13.0. The van der Waals surface area contributed by atoms with Crippen molar-refractivity contribution in [2.75, 3.05) is 6.54 Å². The monoisotopic (exact) mass is 206 g/mol. The maximum atomic E-state index is 13.0. The van der Waals surface area contributed by atoms with Gasteiger partial charge in [-0.2, -0.15) is 0 Å². The number of aromatic nitrogens is 1. The minimum atomic E-state index is -0.221. The molecule has 0 radical (unpaired) electrons. The van der Waals surface area contributed by atoms with Crippen LogP contribution in [0.4, 0.5) is 4.39 Å². The number of rotatable bonds is 2. The van der Waals surface area contributed by atoms with Gasteiger partial charge in [0.1, 0.15) is 5.82 Å². The smallest absolute Gasteiger partial charge is 0.125 e. The quantitative estimate of drug-likeness (QED) is 0.779. The van der Waals surface area contributed by atoms with Crippen LogP contribution in [0.1, 0.15) is 19.4 Å². The van der Waals surface area contributed by atoms with Crippen LogP contribution in [0.15, 0.2) is 24.4 Å². The summed E-state index contributed by atoms with van der Waals surface area (Å²) in [6.45, 7) is 4.73. The molecule has 0 unspecified atom stereocenters. The first-order valence-electron chi connectivity index (χ1n) is 5.02. The van der Waals surface area contributed by atoms with E-state index in [1.807, 2.05) is 6.20 Å². The van der Waals surface area contributed by atoms with Crippen molar-refractivity contribution >= 4 is 10.9 Å². The highest BCUT2D eigenvalue weighted by molar-refractivity contribution is 5.84. The summed E-state index contributed by atoms with van der Waals surface area (Å²) in [7, 11) is 0. The normalized spacial score (nSPS) is 12.3. The van der Waals surface area contributed by atoms with Crippen molar-refractivity contribution in [3.63, 3.8) is 0 Å². The second kappa shape index (κ2) is 3.35. The number of hydrogen-bond donors (Lipinski definition) is 2. The second-order valence-corrected chi connectivity index (χ2v) is 4.48. The van der Waals surface area contributed by atoms with Crippen LogP contribution in [0, 0.1) is 5.82 Å². The third kappa shape index (κ3) is 1.63. The summed E-state index contributed by atoms with van der Waals surface area (Å²) in [5.74, 6) is -0.221. The van der Waals surface area contributed by atoms with Gasteiger partial charge in [0.15, 0.2) is 0 Å². The van der Waals surface area contributed by atoms with E-state index in [0.29, 0.717) is 6.54 Å². The minimum Gasteiger partial charge on any atom is -0.361 e. The van der Waals surface area contributed by atoms with Gasteiger partial charge in [0.2, 0.25) is 0 Å². The fourth-order valence-corrected chi connectivity index (χ4v) is 1.77. The molecule has 2 rings (SSSR count). The standard InChI is InChI=1S/C12H15FN2/c1-12(2,7-14)10-6-15-11-5-8(13)3-4-9(10)11/h3-6,15H,7,14H2,1-2H3. The summed E-state index contributed by atoms with van der Waals surface area (Å²) in [4.78, 5) is 3.07. The Labute approximate surface area is 88.3 Å². The zero-order valence-electron chi connectivity index (χ0n) is 8.97. The van der Waals surface area contributed by atoms with Crippen LogP contribution in [-0.2, 0) is 5.41 Å². The van der Waals surface area contributed by atoms with Gasteiger partial charge in [-0.05, 0) is 23.8 Å². The Morgan fingerprint density at radius 1 is 1.40 bits per heavy atom. The molecular formula is C12H15FN2. The van der Waals surface area contributed by atoms with E-state index in [9.17, 15) is 4.39 Å². The van der Waals surface area contributed by atoms with Crippen molar-refractivity contribution in [2.24, 2.45) is 5.73 Å². The van der Waals surface area contributed by atoms with Crippen molar-refractivity contribution < 1.29 is 4.39 Å². The first-order valence-corrected chi connectivity index (χ1v) is 5.02. The van der Waals surface area contributed by atoms with Crippen LogP contribution in [0.3, 0.4) is 0 Å². The molecule has 1 aromatic carbocycles. The summed E-state index contributed by atoms with van der Waals surface area (Å²) in [6, 6.07) is 4.78. The number of hydrogen-bond acceptors (Lipinski definition) is 1. The van der Waals surface area contributed by atoms with Gasteiger partial charge >= 0.3 is 0 Å². The maximum absolute atomic E-state index is 13.0. The predicted molar refractivity (Wildman–Crippen MR) is 60.3 cm³/mol. The van der Waals surface area contributed by atoms with E-state index in [1.165, 1.54) is 12.1 Å². The molecular weight excluding hydrogens is 191 g/mol. The third-order valence-electron chi connectivity index (χ3n) is 2.88. The van der Waals surface area contributed by atoms with Gasteiger partial charge < -0.3 is 10.7 Å². The Bertz CT molecular complexity index is 485. The molecule has 0 fully saturated rings. The molecule has 15 heavy (non-hydrogen) atoms. The molecule has 0 aliphatic rings. The highest BCUT2D eigenvalue weighted by Crippen LogP contribution is 2.29. The second-order valence-electron chi connectivity index (χ2n) is 4.48. The van der Waals surface area contributed by atoms with Gasteiger partial charge in [-0.1, -0.05) is 13.8 Å². The fourth-order valence-electron chi connectivity index (χ4n) is 1.77. The van der Waals surface area contributed by atoms with Gasteiger partial charge in [-0.3, -0.25) is 0 Å². The van der Waals surface area contributed by atoms with Crippen LogP contribution in [0.25, 0.3) is 10.9 Å². The first kappa shape index (κ1) is 10.2. The Morgan fingerprint density at radius 2 is 2.13 bits per heavy atom. The Morgan fingerprint density at radius 3 is 2.80 bits per heavy atom. The van der Waals surface area contributed by atoms with Crippen LogP contribution < -0.4 is 5.73 Å². The molecule has 0 atom stereocenters. The van der Waals surface area contributed by atoms with Gasteiger partial charge in [-0.15, -0.1) is 0 Å². The van der Waals surface area contributed by atoms with Gasteiger partial charge in [0.25, 0.3) is 0 Å². The van der Waals surface area contributed by atoms with Crippen LogP contribution in [0.5, 0.6) is 0 Å². The molecule has 3 N–H and O–H groups in total. The number of fused-ring (bicyclic) bond motifs is 1. The van der Waals surface area contributed by atoms with Crippen molar-refractivity contribution in [3.8, 4) is 0 Å². The molecule has 1 aromatic heterocycles. The average Bonchev–Trinajstić information content (AvgIpc) is 2.61. The lowest BCUT2D eigenvalue weighted by Gasteiger charge is -2.21. The summed E-state index contributed by atoms with van der Waals surface area (Å²) in [5.41, 5.74) is 7.61. The van der Waals surface area contributed by atoms with E-state index < -0.39 is 0 Å². The first-order chi connectivity index (χ1) is 7.04. The summed E-state index contributed by atoms with van der Waals surface area (Å²) >= 11 is 0. The lowest BCUT2D eigenvalue weighted by atomic mass is 9.85. The largest absolute Gasteiger partial charge is 0.361 e. The topological polar surface area (TPSA) is 41.8 Å². The van der Waals surface area contributed by atoms with Crippen LogP contribution in [0.2, 0.25) is 0 Å². The number of aromatic amines is 1. The molecule has 0 bridgehead atoms. The highest BCUT2D eigenvalue weighted by Gasteiger charge is 2.22. The van der Waals surface area contributed by atoms with E-state index in [0.717, 1.165) is 16.5 Å². The zero-order valence-corrected chi connectivity index (χ0v) is 8.97. The SMILES string of the molecule is CC(C)(CN)c1c[nH]c2cc(F)ccc12. The van der Waals surface area contributed by atoms with Gasteiger partial charge in [0.05, 0.1) is 0 Å². The number of nitrogens with two attached hydrogens (primary N) is 1. The molecule has 0 saturated heterocycles. The molecule has 1 heterocycles. The summed E-state index contributed by atoms with van der Waals surface area (Å²) in [5, 5.41) is 1.05. The van der Waals surface area contributed by atoms with Crippen molar-refractivity contribution in [2.45, 2.75) is 19.3 Å². The predicted octanol–water partition coefficient (Wildman–Crippen LogP) is 2.54. The number of H-pyrrole nitrogens is 1.